The Kier molecular flexibility index (Phi) is 3.16. The number of aromatic carboxylic acids is 1. The molecule has 4 heteroatoms. The van der Waals surface area contributed by atoms with Crippen LogP contribution in [0.25, 0.3) is 0 Å². The molecule has 1 rings (SSSR count). The van der Waals surface area contributed by atoms with Crippen molar-refractivity contribution in [3.63, 3.8) is 0 Å². The Morgan fingerprint density at radius 3 is 2.50 bits per heavy atom. The van der Waals surface area contributed by atoms with Gasteiger partial charge in [-0.15, -0.1) is 0 Å². The zero-order valence-electron chi connectivity index (χ0n) is 8.22. The van der Waals surface area contributed by atoms with Crippen molar-refractivity contribution in [2.24, 2.45) is 0 Å². The summed E-state index contributed by atoms with van der Waals surface area (Å²) in [5.74, 6) is -0.348. The summed E-state index contributed by atoms with van der Waals surface area (Å²) >= 11 is 3.36. The van der Waals surface area contributed by atoms with Gasteiger partial charge in [0, 0.05) is 5.56 Å². The number of hydrogen-bond donors (Lipinski definition) is 1. The van der Waals surface area contributed by atoms with Crippen LogP contribution in [0.3, 0.4) is 0 Å². The van der Waals surface area contributed by atoms with Crippen LogP contribution in [0.1, 0.15) is 21.5 Å². The van der Waals surface area contributed by atoms with Crippen molar-refractivity contribution < 1.29 is 14.6 Å². The maximum Gasteiger partial charge on any atom is 0.336 e. The van der Waals surface area contributed by atoms with E-state index in [0.717, 1.165) is 10.0 Å². The van der Waals surface area contributed by atoms with Gasteiger partial charge in [0.15, 0.2) is 0 Å². The maximum atomic E-state index is 10.9. The standard InChI is InChI=1S/C10H11BrO3/c1-5-4-7(10(12)13)6(2)9(14-3)8(5)11/h4H,1-3H3,(H,12,13). The summed E-state index contributed by atoms with van der Waals surface area (Å²) < 4.78 is 5.95. The summed E-state index contributed by atoms with van der Waals surface area (Å²) in [6.07, 6.45) is 0. The van der Waals surface area contributed by atoms with Crippen LogP contribution < -0.4 is 4.74 Å². The largest absolute Gasteiger partial charge is 0.495 e. The molecule has 14 heavy (non-hydrogen) atoms. The fourth-order valence-corrected chi connectivity index (χ4v) is 1.89. The Hall–Kier alpha value is -1.03. The number of aryl methyl sites for hydroxylation is 1. The third-order valence-corrected chi connectivity index (χ3v) is 3.07. The number of halogens is 1. The SMILES string of the molecule is COc1c(C)c(C(=O)O)cc(C)c1Br. The van der Waals surface area contributed by atoms with Crippen molar-refractivity contribution in [1.29, 1.82) is 0 Å². The normalized spacial score (nSPS) is 10.0. The number of carboxylic acid groups (broad SMARTS) is 1. The summed E-state index contributed by atoms with van der Waals surface area (Å²) in [6.45, 7) is 3.56. The van der Waals surface area contributed by atoms with Crippen molar-refractivity contribution in [2.45, 2.75) is 13.8 Å². The second kappa shape index (κ2) is 4.00. The minimum Gasteiger partial charge on any atom is -0.495 e. The molecular weight excluding hydrogens is 248 g/mol. The summed E-state index contributed by atoms with van der Waals surface area (Å²) in [6, 6.07) is 1.63. The van der Waals surface area contributed by atoms with Gasteiger partial charge >= 0.3 is 5.97 Å². The highest BCUT2D eigenvalue weighted by atomic mass is 79.9. The molecule has 0 aliphatic rings. The lowest BCUT2D eigenvalue weighted by atomic mass is 10.0. The molecule has 1 N–H and O–H groups in total. The van der Waals surface area contributed by atoms with E-state index in [2.05, 4.69) is 15.9 Å². The van der Waals surface area contributed by atoms with Gasteiger partial charge in [0.25, 0.3) is 0 Å². The highest BCUT2D eigenvalue weighted by molar-refractivity contribution is 9.10. The van der Waals surface area contributed by atoms with Crippen molar-refractivity contribution in [3.05, 3.63) is 27.2 Å². The molecule has 0 saturated carbocycles. The summed E-state index contributed by atoms with van der Waals surface area (Å²) in [5, 5.41) is 8.93. The van der Waals surface area contributed by atoms with Gasteiger partial charge in [-0.2, -0.15) is 0 Å². The Morgan fingerprint density at radius 1 is 1.50 bits per heavy atom. The van der Waals surface area contributed by atoms with Crippen LogP contribution in [0.5, 0.6) is 5.75 Å². The number of methoxy groups -OCH3 is 1. The van der Waals surface area contributed by atoms with E-state index in [1.807, 2.05) is 6.92 Å². The van der Waals surface area contributed by atoms with Gasteiger partial charge in [-0.1, -0.05) is 0 Å². The van der Waals surface area contributed by atoms with Gasteiger partial charge in [0.1, 0.15) is 5.75 Å². The summed E-state index contributed by atoms with van der Waals surface area (Å²) in [4.78, 5) is 10.9. The van der Waals surface area contributed by atoms with E-state index in [9.17, 15) is 4.79 Å². The molecule has 3 nitrogen and oxygen atoms in total. The zero-order valence-corrected chi connectivity index (χ0v) is 9.81. The predicted octanol–water partition coefficient (Wildman–Crippen LogP) is 2.77. The third kappa shape index (κ3) is 1.75. The summed E-state index contributed by atoms with van der Waals surface area (Å²) in [5.41, 5.74) is 1.77. The number of hydrogen-bond acceptors (Lipinski definition) is 2. The Labute approximate surface area is 90.8 Å². The van der Waals surface area contributed by atoms with E-state index < -0.39 is 5.97 Å². The monoisotopic (exact) mass is 258 g/mol. The topological polar surface area (TPSA) is 46.5 Å². The second-order valence-electron chi connectivity index (χ2n) is 3.02. The van der Waals surface area contributed by atoms with Gasteiger partial charge in [-0.05, 0) is 41.4 Å². The molecule has 76 valence electrons. The molecule has 0 aliphatic heterocycles. The molecule has 0 amide bonds. The fraction of sp³-hybridized carbons (Fsp3) is 0.300. The molecule has 0 saturated heterocycles. The Morgan fingerprint density at radius 2 is 2.07 bits per heavy atom. The predicted molar refractivity (Wildman–Crippen MR) is 57.1 cm³/mol. The molecule has 0 unspecified atom stereocenters. The van der Waals surface area contributed by atoms with Crippen molar-refractivity contribution in [3.8, 4) is 5.75 Å². The van der Waals surface area contributed by atoms with Crippen molar-refractivity contribution >= 4 is 21.9 Å². The van der Waals surface area contributed by atoms with E-state index >= 15 is 0 Å². The molecule has 0 radical (unpaired) electrons. The van der Waals surface area contributed by atoms with Crippen LogP contribution in [0.15, 0.2) is 10.5 Å². The highest BCUT2D eigenvalue weighted by Gasteiger charge is 2.16. The molecule has 1 aromatic rings. The zero-order chi connectivity index (χ0) is 10.9. The van der Waals surface area contributed by atoms with Crippen LogP contribution >= 0.6 is 15.9 Å². The second-order valence-corrected chi connectivity index (χ2v) is 3.81. The first-order valence-electron chi connectivity index (χ1n) is 4.06. The van der Waals surface area contributed by atoms with Gasteiger partial charge < -0.3 is 9.84 Å². The quantitative estimate of drug-likeness (QED) is 0.888. The number of ether oxygens (including phenoxy) is 1. The van der Waals surface area contributed by atoms with Gasteiger partial charge in [0.05, 0.1) is 17.1 Å². The van der Waals surface area contributed by atoms with E-state index in [1.54, 1.807) is 13.0 Å². The number of carboxylic acids is 1. The van der Waals surface area contributed by atoms with E-state index in [0.29, 0.717) is 11.3 Å². The molecule has 0 heterocycles. The highest BCUT2D eigenvalue weighted by Crippen LogP contribution is 2.33. The van der Waals surface area contributed by atoms with E-state index in [1.165, 1.54) is 7.11 Å². The average Bonchev–Trinajstić information content (AvgIpc) is 2.12. The molecular formula is C10H11BrO3. The lowest BCUT2D eigenvalue weighted by Gasteiger charge is -2.12. The average molecular weight is 259 g/mol. The molecule has 0 aromatic heterocycles. The lowest BCUT2D eigenvalue weighted by Crippen LogP contribution is -2.03. The smallest absolute Gasteiger partial charge is 0.336 e. The number of benzene rings is 1. The van der Waals surface area contributed by atoms with Gasteiger partial charge in [0.2, 0.25) is 0 Å². The third-order valence-electron chi connectivity index (χ3n) is 2.09. The molecule has 0 bridgehead atoms. The van der Waals surface area contributed by atoms with E-state index in [-0.39, 0.29) is 5.56 Å². The van der Waals surface area contributed by atoms with Crippen LogP contribution in [-0.2, 0) is 0 Å². The van der Waals surface area contributed by atoms with Crippen LogP contribution in [0.2, 0.25) is 0 Å². The first-order valence-corrected chi connectivity index (χ1v) is 4.85. The van der Waals surface area contributed by atoms with Crippen molar-refractivity contribution in [2.75, 3.05) is 7.11 Å². The maximum absolute atomic E-state index is 10.9. The van der Waals surface area contributed by atoms with Crippen molar-refractivity contribution in [1.82, 2.24) is 0 Å². The van der Waals surface area contributed by atoms with Gasteiger partial charge in [-0.25, -0.2) is 4.79 Å². The molecule has 1 aromatic carbocycles. The van der Waals surface area contributed by atoms with Gasteiger partial charge in [-0.3, -0.25) is 0 Å². The minimum absolute atomic E-state index is 0.280. The van der Waals surface area contributed by atoms with Crippen LogP contribution in [-0.4, -0.2) is 18.2 Å². The van der Waals surface area contributed by atoms with Crippen LogP contribution in [0.4, 0.5) is 0 Å². The molecule has 0 fully saturated rings. The number of rotatable bonds is 2. The lowest BCUT2D eigenvalue weighted by molar-refractivity contribution is 0.0695. The Bertz CT molecular complexity index is 385. The first-order chi connectivity index (χ1) is 6.49. The van der Waals surface area contributed by atoms with E-state index in [4.69, 9.17) is 9.84 Å². The minimum atomic E-state index is -0.934. The fourth-order valence-electron chi connectivity index (χ4n) is 1.32. The molecule has 0 aliphatic carbocycles. The molecule has 0 spiro atoms. The summed E-state index contributed by atoms with van der Waals surface area (Å²) in [7, 11) is 1.53. The van der Waals surface area contributed by atoms with Crippen LogP contribution in [0, 0.1) is 13.8 Å². The number of carbonyl (C=O) groups is 1. The first kappa shape index (κ1) is 11.0. The molecule has 0 atom stereocenters. The Balaban J connectivity index is 3.50.